The second-order valence-electron chi connectivity index (χ2n) is 3.76. The molecule has 0 nitrogen and oxygen atoms in total. The lowest BCUT2D eigenvalue weighted by Gasteiger charge is -2.09. The van der Waals surface area contributed by atoms with Gasteiger partial charge in [-0.05, 0) is 35.6 Å². The third-order valence-electron chi connectivity index (χ3n) is 2.52. The van der Waals surface area contributed by atoms with Gasteiger partial charge in [0.15, 0.2) is 0 Å². The second-order valence-corrected chi connectivity index (χ2v) is 5.32. The number of alkyl halides is 1. The first-order chi connectivity index (χ1) is 7.66. The molecule has 0 amide bonds. The SMILES string of the molecule is Cc1ccc(C(Cl)Cc2cccs2)cc1F. The Morgan fingerprint density at radius 2 is 2.19 bits per heavy atom. The lowest BCUT2D eigenvalue weighted by atomic mass is 10.1. The van der Waals surface area contributed by atoms with Crippen molar-refractivity contribution in [3.63, 3.8) is 0 Å². The molecule has 0 bridgehead atoms. The summed E-state index contributed by atoms with van der Waals surface area (Å²) in [6, 6.07) is 9.24. The van der Waals surface area contributed by atoms with Crippen LogP contribution in [0.3, 0.4) is 0 Å². The maximum absolute atomic E-state index is 13.4. The largest absolute Gasteiger partial charge is 0.207 e. The molecule has 2 aromatic rings. The van der Waals surface area contributed by atoms with Crippen LogP contribution < -0.4 is 0 Å². The molecule has 1 aromatic carbocycles. The number of benzene rings is 1. The lowest BCUT2D eigenvalue weighted by molar-refractivity contribution is 0.615. The molecular weight excluding hydrogens is 243 g/mol. The van der Waals surface area contributed by atoms with Crippen molar-refractivity contribution in [1.29, 1.82) is 0 Å². The molecule has 1 atom stereocenters. The summed E-state index contributed by atoms with van der Waals surface area (Å²) < 4.78 is 13.4. The molecule has 0 spiro atoms. The molecule has 84 valence electrons. The van der Waals surface area contributed by atoms with Crippen molar-refractivity contribution < 1.29 is 4.39 Å². The number of hydrogen-bond acceptors (Lipinski definition) is 1. The number of hydrogen-bond donors (Lipinski definition) is 0. The molecule has 0 aliphatic carbocycles. The minimum atomic E-state index is -0.186. The average Bonchev–Trinajstić information content (AvgIpc) is 2.74. The topological polar surface area (TPSA) is 0 Å². The Kier molecular flexibility index (Phi) is 3.62. The van der Waals surface area contributed by atoms with Crippen LogP contribution in [0.5, 0.6) is 0 Å². The van der Waals surface area contributed by atoms with E-state index in [1.54, 1.807) is 24.3 Å². The predicted octanol–water partition coefficient (Wildman–Crippen LogP) is 4.72. The first-order valence-corrected chi connectivity index (χ1v) is 6.41. The highest BCUT2D eigenvalue weighted by molar-refractivity contribution is 7.09. The van der Waals surface area contributed by atoms with Crippen LogP contribution in [-0.2, 0) is 6.42 Å². The molecule has 2 rings (SSSR count). The quantitative estimate of drug-likeness (QED) is 0.696. The van der Waals surface area contributed by atoms with Gasteiger partial charge in [-0.25, -0.2) is 4.39 Å². The Morgan fingerprint density at radius 3 is 2.81 bits per heavy atom. The maximum Gasteiger partial charge on any atom is 0.126 e. The molecule has 1 unspecified atom stereocenters. The van der Waals surface area contributed by atoms with Crippen molar-refractivity contribution in [1.82, 2.24) is 0 Å². The summed E-state index contributed by atoms with van der Waals surface area (Å²) in [5, 5.41) is 1.86. The number of aryl methyl sites for hydroxylation is 1. The van der Waals surface area contributed by atoms with Gasteiger partial charge < -0.3 is 0 Å². The van der Waals surface area contributed by atoms with E-state index in [1.807, 2.05) is 23.6 Å². The summed E-state index contributed by atoms with van der Waals surface area (Å²) in [6.45, 7) is 1.75. The van der Waals surface area contributed by atoms with E-state index in [4.69, 9.17) is 11.6 Å². The zero-order valence-electron chi connectivity index (χ0n) is 8.91. The fraction of sp³-hybridized carbons (Fsp3) is 0.231. The third kappa shape index (κ3) is 2.63. The molecular formula is C13H12ClFS. The van der Waals surface area contributed by atoms with Crippen LogP contribution in [0.15, 0.2) is 35.7 Å². The van der Waals surface area contributed by atoms with E-state index in [0.717, 1.165) is 12.0 Å². The average molecular weight is 255 g/mol. The van der Waals surface area contributed by atoms with E-state index in [0.29, 0.717) is 5.56 Å². The van der Waals surface area contributed by atoms with Crippen LogP contribution in [0.2, 0.25) is 0 Å². The Hall–Kier alpha value is -0.860. The van der Waals surface area contributed by atoms with Gasteiger partial charge in [-0.2, -0.15) is 0 Å². The predicted molar refractivity (Wildman–Crippen MR) is 67.8 cm³/mol. The van der Waals surface area contributed by atoms with Gasteiger partial charge in [-0.15, -0.1) is 22.9 Å². The van der Waals surface area contributed by atoms with Crippen LogP contribution in [0.25, 0.3) is 0 Å². The van der Waals surface area contributed by atoms with Gasteiger partial charge in [-0.3, -0.25) is 0 Å². The van der Waals surface area contributed by atoms with Crippen molar-refractivity contribution >= 4 is 22.9 Å². The maximum atomic E-state index is 13.4. The molecule has 0 fully saturated rings. The third-order valence-corrected chi connectivity index (χ3v) is 3.82. The van der Waals surface area contributed by atoms with Crippen molar-refractivity contribution in [3.8, 4) is 0 Å². The van der Waals surface area contributed by atoms with E-state index in [-0.39, 0.29) is 11.2 Å². The van der Waals surface area contributed by atoms with E-state index in [1.165, 1.54) is 10.9 Å². The van der Waals surface area contributed by atoms with Gasteiger partial charge in [-0.1, -0.05) is 18.2 Å². The summed E-state index contributed by atoms with van der Waals surface area (Å²) >= 11 is 7.94. The zero-order chi connectivity index (χ0) is 11.5. The monoisotopic (exact) mass is 254 g/mol. The molecule has 0 aliphatic rings. The highest BCUT2D eigenvalue weighted by atomic mass is 35.5. The van der Waals surface area contributed by atoms with Crippen molar-refractivity contribution in [2.45, 2.75) is 18.7 Å². The summed E-state index contributed by atoms with van der Waals surface area (Å²) in [5.41, 5.74) is 1.50. The van der Waals surface area contributed by atoms with E-state index in [9.17, 15) is 4.39 Å². The van der Waals surface area contributed by atoms with Crippen LogP contribution >= 0.6 is 22.9 Å². The number of thiophene rings is 1. The van der Waals surface area contributed by atoms with Gasteiger partial charge in [0, 0.05) is 11.3 Å². The normalized spacial score (nSPS) is 12.7. The van der Waals surface area contributed by atoms with Crippen LogP contribution in [0, 0.1) is 12.7 Å². The fourth-order valence-electron chi connectivity index (χ4n) is 1.53. The Morgan fingerprint density at radius 1 is 1.38 bits per heavy atom. The van der Waals surface area contributed by atoms with Crippen LogP contribution in [0.1, 0.15) is 21.4 Å². The molecule has 16 heavy (non-hydrogen) atoms. The van der Waals surface area contributed by atoms with Gasteiger partial charge in [0.25, 0.3) is 0 Å². The first-order valence-electron chi connectivity index (χ1n) is 5.09. The first kappa shape index (κ1) is 11.6. The molecule has 0 aliphatic heterocycles. The molecule has 0 radical (unpaired) electrons. The highest BCUT2D eigenvalue weighted by Gasteiger charge is 2.11. The van der Waals surface area contributed by atoms with Gasteiger partial charge >= 0.3 is 0 Å². The summed E-state index contributed by atoms with van der Waals surface area (Å²) in [4.78, 5) is 1.22. The Bertz CT molecular complexity index is 465. The molecule has 0 saturated heterocycles. The van der Waals surface area contributed by atoms with Gasteiger partial charge in [0.1, 0.15) is 5.82 Å². The van der Waals surface area contributed by atoms with Crippen molar-refractivity contribution in [3.05, 3.63) is 57.5 Å². The van der Waals surface area contributed by atoms with Crippen LogP contribution in [0.4, 0.5) is 4.39 Å². The Balaban J connectivity index is 2.14. The molecule has 1 heterocycles. The second kappa shape index (κ2) is 4.98. The highest BCUT2D eigenvalue weighted by Crippen LogP contribution is 2.27. The van der Waals surface area contributed by atoms with Crippen LogP contribution in [-0.4, -0.2) is 0 Å². The fourth-order valence-corrected chi connectivity index (χ4v) is 2.67. The standard InChI is InChI=1S/C13H12ClFS/c1-9-4-5-10(7-13(9)15)12(14)8-11-3-2-6-16-11/h2-7,12H,8H2,1H3. The van der Waals surface area contributed by atoms with Gasteiger partial charge in [0.05, 0.1) is 5.38 Å². The minimum absolute atomic E-state index is 0.159. The molecule has 0 N–H and O–H groups in total. The smallest absolute Gasteiger partial charge is 0.126 e. The molecule has 3 heteroatoms. The zero-order valence-corrected chi connectivity index (χ0v) is 10.5. The Labute approximate surface area is 104 Å². The van der Waals surface area contributed by atoms with E-state index in [2.05, 4.69) is 0 Å². The van der Waals surface area contributed by atoms with Crippen molar-refractivity contribution in [2.75, 3.05) is 0 Å². The van der Waals surface area contributed by atoms with E-state index < -0.39 is 0 Å². The number of rotatable bonds is 3. The lowest BCUT2D eigenvalue weighted by Crippen LogP contribution is -1.95. The van der Waals surface area contributed by atoms with Gasteiger partial charge in [0.2, 0.25) is 0 Å². The van der Waals surface area contributed by atoms with Crippen molar-refractivity contribution in [2.24, 2.45) is 0 Å². The summed E-state index contributed by atoms with van der Waals surface area (Å²) in [6.07, 6.45) is 0.752. The summed E-state index contributed by atoms with van der Waals surface area (Å²) in [5.74, 6) is -0.186. The summed E-state index contributed by atoms with van der Waals surface area (Å²) in [7, 11) is 0. The molecule has 0 saturated carbocycles. The molecule has 1 aromatic heterocycles. The minimum Gasteiger partial charge on any atom is -0.207 e. The number of halogens is 2. The van der Waals surface area contributed by atoms with E-state index >= 15 is 0 Å².